The van der Waals surface area contributed by atoms with Crippen LogP contribution in [0.4, 0.5) is 0 Å². The highest BCUT2D eigenvalue weighted by molar-refractivity contribution is 7.25. The predicted octanol–water partition coefficient (Wildman–Crippen LogP) is 18.3. The second kappa shape index (κ2) is 20.9. The molecular formula is C77H52N10O2S2. The first-order chi connectivity index (χ1) is 44.8. The number of allylic oxidation sites excluding steroid dienone is 10. The number of nitrogens with one attached hydrogen (secondary N) is 1. The average Bonchev–Trinajstić information content (AvgIpc) is 1.66. The molecule has 4 aliphatic carbocycles. The van der Waals surface area contributed by atoms with Crippen molar-refractivity contribution in [3.05, 3.63) is 246 Å². The van der Waals surface area contributed by atoms with Crippen molar-refractivity contribution in [1.82, 2.24) is 50.2 Å². The van der Waals surface area contributed by atoms with Crippen molar-refractivity contribution in [3.63, 3.8) is 0 Å². The molecule has 0 radical (unpaired) electrons. The van der Waals surface area contributed by atoms with Gasteiger partial charge in [-0.05, 0) is 180 Å². The number of benzene rings is 2. The summed E-state index contributed by atoms with van der Waals surface area (Å²) in [4.78, 5) is 47.3. The van der Waals surface area contributed by atoms with Crippen LogP contribution < -0.4 is 5.32 Å². The monoisotopic (exact) mass is 1210 g/mol. The number of para-hydroxylation sites is 1. The van der Waals surface area contributed by atoms with Crippen LogP contribution in [0.25, 0.3) is 132 Å². The highest BCUT2D eigenvalue weighted by Crippen LogP contribution is 2.57. The molecule has 91 heavy (non-hydrogen) atoms. The van der Waals surface area contributed by atoms with E-state index in [0.717, 1.165) is 184 Å². The Bertz CT molecular complexity index is 5540. The van der Waals surface area contributed by atoms with E-state index in [1.807, 2.05) is 80.2 Å². The number of rotatable bonds is 9. The minimum Gasteiger partial charge on any atom is -0.463 e. The molecule has 0 saturated carbocycles. The third-order valence-corrected chi connectivity index (χ3v) is 21.1. The average molecular weight is 1210 g/mol. The normalized spacial score (nSPS) is 19.0. The maximum absolute atomic E-state index is 7.52. The molecule has 0 spiro atoms. The highest BCUT2D eigenvalue weighted by atomic mass is 32.1. The molecule has 434 valence electrons. The zero-order chi connectivity index (χ0) is 60.4. The van der Waals surface area contributed by atoms with Crippen molar-refractivity contribution in [2.24, 2.45) is 0 Å². The molecule has 0 fully saturated rings. The van der Waals surface area contributed by atoms with Crippen LogP contribution in [-0.4, -0.2) is 44.9 Å². The summed E-state index contributed by atoms with van der Waals surface area (Å²) in [5.41, 5.74) is 20.5. The fourth-order valence-corrected chi connectivity index (χ4v) is 16.2. The molecule has 13 aromatic rings. The Morgan fingerprint density at radius 3 is 2.18 bits per heavy atom. The molecule has 11 aromatic heterocycles. The van der Waals surface area contributed by atoms with Crippen LogP contribution in [0.15, 0.2) is 198 Å². The van der Waals surface area contributed by atoms with E-state index in [1.165, 1.54) is 11.1 Å². The van der Waals surface area contributed by atoms with Crippen molar-refractivity contribution >= 4 is 110 Å². The van der Waals surface area contributed by atoms with E-state index in [1.54, 1.807) is 22.7 Å². The number of fused-ring (bicyclic) bond motifs is 12. The zero-order valence-electron chi connectivity index (χ0n) is 49.4. The summed E-state index contributed by atoms with van der Waals surface area (Å²) in [5.74, 6) is 5.96. The summed E-state index contributed by atoms with van der Waals surface area (Å²) in [7, 11) is 0. The number of hydrogen-bond donors (Lipinski definition) is 1. The van der Waals surface area contributed by atoms with Crippen molar-refractivity contribution in [3.8, 4) is 56.6 Å². The van der Waals surface area contributed by atoms with E-state index in [2.05, 4.69) is 174 Å². The number of nitrogens with zero attached hydrogens (tertiary/aromatic N) is 9. The first-order valence-corrected chi connectivity index (χ1v) is 32.2. The number of thiophene rings is 2. The lowest BCUT2D eigenvalue weighted by molar-refractivity contribution is 0.257. The Kier molecular flexibility index (Phi) is 12.2. The number of pyridine rings is 5. The van der Waals surface area contributed by atoms with Crippen molar-refractivity contribution in [2.45, 2.75) is 62.7 Å². The summed E-state index contributed by atoms with van der Waals surface area (Å²) >= 11 is 3.18. The third-order valence-electron chi connectivity index (χ3n) is 19.0. The van der Waals surface area contributed by atoms with Gasteiger partial charge >= 0.3 is 0 Å². The van der Waals surface area contributed by atoms with Gasteiger partial charge in [0.25, 0.3) is 0 Å². The Balaban J connectivity index is 0.715. The third kappa shape index (κ3) is 8.52. The zero-order valence-corrected chi connectivity index (χ0v) is 51.0. The van der Waals surface area contributed by atoms with Gasteiger partial charge in [0.1, 0.15) is 53.9 Å². The van der Waals surface area contributed by atoms with Gasteiger partial charge in [0.15, 0.2) is 0 Å². The maximum atomic E-state index is 7.52. The lowest BCUT2D eigenvalue weighted by Gasteiger charge is -2.37. The second-order valence-corrected chi connectivity index (χ2v) is 26.3. The Morgan fingerprint density at radius 2 is 1.32 bits per heavy atom. The molecule has 1 aliphatic heterocycles. The van der Waals surface area contributed by atoms with Gasteiger partial charge in [-0.1, -0.05) is 84.9 Å². The van der Waals surface area contributed by atoms with Crippen LogP contribution in [0.5, 0.6) is 0 Å². The van der Waals surface area contributed by atoms with E-state index in [4.69, 9.17) is 38.7 Å². The van der Waals surface area contributed by atoms with Gasteiger partial charge in [-0.2, -0.15) is 0 Å². The molecule has 0 amide bonds. The molecule has 18 rings (SSSR count). The van der Waals surface area contributed by atoms with Gasteiger partial charge in [-0.25, -0.2) is 29.9 Å². The first-order valence-electron chi connectivity index (χ1n) is 30.6. The molecule has 3 unspecified atom stereocenters. The fourth-order valence-electron chi connectivity index (χ4n) is 14.4. The lowest BCUT2D eigenvalue weighted by atomic mass is 9.65. The maximum Gasteiger partial charge on any atom is 0.144 e. The van der Waals surface area contributed by atoms with Gasteiger partial charge < -0.3 is 14.2 Å². The molecule has 0 bridgehead atoms. The standard InChI is InChI=1S/C77H52N10O2S2/c1-76(60-18-6-14-53-52-13-5-15-56(69(52)88-70(53)60)62-42-83-75-68(86-62)67-63(90-75)20-19-61(85-67)51-12-4-3-11-50(51)46-24-34-80-35-25-46)28-7-16-54-55-17-8-29-77(2,72(55)89-71(54)76)64-43-84-74-66(87-64)59-40-49(41-82-73(59)91-74)65-57(45-10-9-30-78-33-23-45)38-48(44-21-31-79-32-22-44)39-58(65)47-26-36-81-37-27-47/h3,5-8,10-11,13-17,19-27,31-43,60,78H,4,12,18,28-29H2,1-2H3. The Hall–Kier alpha value is -10.9. The molecule has 1 N–H and O–H groups in total. The topological polar surface area (TPSA) is 154 Å². The highest BCUT2D eigenvalue weighted by Gasteiger charge is 2.49. The summed E-state index contributed by atoms with van der Waals surface area (Å²) in [6.07, 6.45) is 44.9. The molecule has 3 atom stereocenters. The van der Waals surface area contributed by atoms with E-state index in [0.29, 0.717) is 6.42 Å². The van der Waals surface area contributed by atoms with Gasteiger partial charge in [-0.15, -0.1) is 11.3 Å². The quantitative estimate of drug-likeness (QED) is 0.137. The molecular weight excluding hydrogens is 1160 g/mol. The van der Waals surface area contributed by atoms with Crippen LogP contribution >= 0.6 is 22.7 Å². The molecule has 12 heterocycles. The van der Waals surface area contributed by atoms with E-state index in [9.17, 15) is 0 Å². The Morgan fingerprint density at radius 1 is 0.571 bits per heavy atom. The van der Waals surface area contributed by atoms with Crippen LogP contribution in [-0.2, 0) is 10.8 Å². The number of aromatic nitrogens is 9. The van der Waals surface area contributed by atoms with Crippen molar-refractivity contribution in [2.75, 3.05) is 0 Å². The van der Waals surface area contributed by atoms with Gasteiger partial charge in [0.2, 0.25) is 0 Å². The second-order valence-electron chi connectivity index (χ2n) is 24.3. The summed E-state index contributed by atoms with van der Waals surface area (Å²) in [6, 6.07) is 32.8. The van der Waals surface area contributed by atoms with Crippen molar-refractivity contribution in [1.29, 1.82) is 0 Å². The SMILES string of the molecule is CC1(c2cnc3sc4ncc(-c5c(C6=CC#CNC=C6)cc(-c6ccncc6)cc5-c5ccncc5)cc4c3n2)CC=Cc2c1oc1c2C=CCC1(C)C1CC=Cc2c1oc1c(-c3cnc4sc5ccc(C6=C(c7ccncc7)C=CCC6)nc5c4n3)cccc21. The molecule has 0 saturated heterocycles. The van der Waals surface area contributed by atoms with Crippen LogP contribution in [0.3, 0.4) is 0 Å². The smallest absolute Gasteiger partial charge is 0.144 e. The van der Waals surface area contributed by atoms with Gasteiger partial charge in [-0.3, -0.25) is 15.0 Å². The Labute approximate surface area is 530 Å². The predicted molar refractivity (Wildman–Crippen MR) is 366 cm³/mol. The largest absolute Gasteiger partial charge is 0.463 e. The molecule has 14 heteroatoms. The van der Waals surface area contributed by atoms with E-state index < -0.39 is 10.8 Å². The number of hydrogen-bond acceptors (Lipinski definition) is 14. The first kappa shape index (κ1) is 53.2. The number of furan rings is 2. The molecule has 12 nitrogen and oxygen atoms in total. The van der Waals surface area contributed by atoms with Crippen LogP contribution in [0, 0.1) is 12.0 Å². The van der Waals surface area contributed by atoms with Gasteiger partial charge in [0, 0.05) is 106 Å². The van der Waals surface area contributed by atoms with E-state index >= 15 is 0 Å². The van der Waals surface area contributed by atoms with E-state index in [-0.39, 0.29) is 5.92 Å². The van der Waals surface area contributed by atoms with Gasteiger partial charge in [0.05, 0.1) is 39.6 Å². The lowest BCUT2D eigenvalue weighted by Crippen LogP contribution is -2.32. The minimum absolute atomic E-state index is 0.0434. The molecule has 5 aliphatic rings. The summed E-state index contributed by atoms with van der Waals surface area (Å²) in [5, 5.41) is 5.06. The van der Waals surface area contributed by atoms with Crippen LogP contribution in [0.1, 0.15) is 108 Å². The van der Waals surface area contributed by atoms with Crippen molar-refractivity contribution < 1.29 is 8.83 Å². The minimum atomic E-state index is -0.652. The van der Waals surface area contributed by atoms with Crippen LogP contribution in [0.2, 0.25) is 0 Å². The summed E-state index contributed by atoms with van der Waals surface area (Å²) < 4.78 is 15.9. The fraction of sp³-hybridized carbons (Fsp3) is 0.130. The molecule has 2 aromatic carbocycles. The summed E-state index contributed by atoms with van der Waals surface area (Å²) in [6.45, 7) is 4.61.